The van der Waals surface area contributed by atoms with Crippen LogP contribution in [0.2, 0.25) is 0 Å². The number of rotatable bonds is 7. The summed E-state index contributed by atoms with van der Waals surface area (Å²) in [7, 11) is 0. The molecule has 6 heteroatoms. The Kier molecular flexibility index (Phi) is 6.11. The van der Waals surface area contributed by atoms with Crippen LogP contribution in [0.4, 0.5) is 15.8 Å². The van der Waals surface area contributed by atoms with Gasteiger partial charge in [-0.15, -0.1) is 0 Å². The molecule has 154 valence electrons. The van der Waals surface area contributed by atoms with Crippen molar-refractivity contribution in [3.8, 4) is 0 Å². The van der Waals surface area contributed by atoms with E-state index < -0.39 is 0 Å². The summed E-state index contributed by atoms with van der Waals surface area (Å²) >= 11 is 0. The van der Waals surface area contributed by atoms with Crippen molar-refractivity contribution in [1.29, 1.82) is 0 Å². The van der Waals surface area contributed by atoms with Crippen molar-refractivity contribution in [3.05, 3.63) is 59.9 Å². The van der Waals surface area contributed by atoms with Crippen molar-refractivity contribution < 1.29 is 13.9 Å². The number of amides is 1. The van der Waals surface area contributed by atoms with Crippen LogP contribution in [-0.4, -0.2) is 49.2 Å². The van der Waals surface area contributed by atoms with Crippen molar-refractivity contribution in [1.82, 2.24) is 4.90 Å². The molecule has 1 amide bonds. The van der Waals surface area contributed by atoms with Crippen molar-refractivity contribution >= 4 is 17.3 Å². The average molecular weight is 397 g/mol. The van der Waals surface area contributed by atoms with Crippen molar-refractivity contribution in [3.63, 3.8) is 0 Å². The van der Waals surface area contributed by atoms with Crippen LogP contribution in [-0.2, 0) is 16.1 Å². The lowest BCUT2D eigenvalue weighted by molar-refractivity contribution is -0.121. The lowest BCUT2D eigenvalue weighted by Gasteiger charge is -2.29. The Morgan fingerprint density at radius 3 is 2.41 bits per heavy atom. The summed E-state index contributed by atoms with van der Waals surface area (Å²) in [6.07, 6.45) is 2.21. The molecule has 1 N–H and O–H groups in total. The predicted molar refractivity (Wildman–Crippen MR) is 113 cm³/mol. The number of anilines is 2. The van der Waals surface area contributed by atoms with Crippen LogP contribution in [0.1, 0.15) is 25.3 Å². The third-order valence-electron chi connectivity index (χ3n) is 5.68. The summed E-state index contributed by atoms with van der Waals surface area (Å²) in [4.78, 5) is 17.4. The van der Waals surface area contributed by atoms with Crippen LogP contribution < -0.4 is 10.2 Å². The molecule has 2 aliphatic rings. The van der Waals surface area contributed by atoms with Gasteiger partial charge in [-0.1, -0.05) is 12.1 Å². The topological polar surface area (TPSA) is 44.8 Å². The number of carbonyl (C=O) groups excluding carboxylic acids is 1. The first kappa shape index (κ1) is 19.9. The van der Waals surface area contributed by atoms with E-state index in [1.807, 2.05) is 31.2 Å². The maximum atomic E-state index is 13.2. The lowest BCUT2D eigenvalue weighted by atomic mass is 10.1. The molecule has 4 rings (SSSR count). The number of nitrogens with zero attached hydrogens (tertiary/aromatic N) is 2. The van der Waals surface area contributed by atoms with Crippen LogP contribution in [0, 0.1) is 5.82 Å². The molecule has 2 fully saturated rings. The summed E-state index contributed by atoms with van der Waals surface area (Å²) in [5.41, 5.74) is 2.97. The molecule has 1 aliphatic carbocycles. The van der Waals surface area contributed by atoms with Gasteiger partial charge in [0.15, 0.2) is 0 Å². The molecule has 1 saturated heterocycles. The van der Waals surface area contributed by atoms with Crippen molar-refractivity contribution in [2.45, 2.75) is 38.4 Å². The van der Waals surface area contributed by atoms with E-state index in [1.54, 1.807) is 12.1 Å². The third-order valence-corrected chi connectivity index (χ3v) is 5.68. The second-order valence-electron chi connectivity index (χ2n) is 7.84. The highest BCUT2D eigenvalue weighted by atomic mass is 19.1. The monoisotopic (exact) mass is 397 g/mol. The normalized spacial score (nSPS) is 18.0. The molecule has 1 aliphatic heterocycles. The molecule has 0 unspecified atom stereocenters. The van der Waals surface area contributed by atoms with Gasteiger partial charge in [0.1, 0.15) is 5.82 Å². The predicted octanol–water partition coefficient (Wildman–Crippen LogP) is 3.65. The highest BCUT2D eigenvalue weighted by Crippen LogP contribution is 2.30. The quantitative estimate of drug-likeness (QED) is 0.775. The van der Waals surface area contributed by atoms with Gasteiger partial charge in [0.2, 0.25) is 5.91 Å². The molecule has 29 heavy (non-hydrogen) atoms. The molecular formula is C23H28FN3O2. The Balaban J connectivity index is 1.37. The van der Waals surface area contributed by atoms with Crippen LogP contribution in [0.25, 0.3) is 0 Å². The van der Waals surface area contributed by atoms with E-state index >= 15 is 0 Å². The zero-order valence-corrected chi connectivity index (χ0v) is 16.8. The molecule has 2 aromatic rings. The van der Waals surface area contributed by atoms with Gasteiger partial charge >= 0.3 is 0 Å². The fraction of sp³-hybridized carbons (Fsp3) is 0.435. The second-order valence-corrected chi connectivity index (χ2v) is 7.84. The number of carbonyl (C=O) groups is 1. The zero-order chi connectivity index (χ0) is 20.2. The van der Waals surface area contributed by atoms with E-state index in [0.29, 0.717) is 12.6 Å². The number of hydrogen-bond acceptors (Lipinski definition) is 4. The Bertz CT molecular complexity index is 815. The number of benzene rings is 2. The van der Waals surface area contributed by atoms with Crippen molar-refractivity contribution in [2.24, 2.45) is 0 Å². The van der Waals surface area contributed by atoms with Gasteiger partial charge in [0.25, 0.3) is 0 Å². The minimum absolute atomic E-state index is 0.0156. The summed E-state index contributed by atoms with van der Waals surface area (Å²) in [5.74, 6) is -0.254. The molecule has 0 aromatic heterocycles. The Morgan fingerprint density at radius 2 is 1.79 bits per heavy atom. The molecule has 1 saturated carbocycles. The minimum Gasteiger partial charge on any atom is -0.378 e. The molecule has 0 bridgehead atoms. The highest BCUT2D eigenvalue weighted by Gasteiger charge is 2.35. The van der Waals surface area contributed by atoms with Crippen molar-refractivity contribution in [2.75, 3.05) is 36.5 Å². The van der Waals surface area contributed by atoms with Crippen LogP contribution >= 0.6 is 0 Å². The number of hydrogen-bond donors (Lipinski definition) is 1. The maximum absolute atomic E-state index is 13.2. The zero-order valence-electron chi connectivity index (χ0n) is 16.8. The number of ether oxygens (including phenoxy) is 1. The van der Waals surface area contributed by atoms with Gasteiger partial charge in [0, 0.05) is 37.1 Å². The number of halogens is 1. The molecule has 1 atom stereocenters. The van der Waals surface area contributed by atoms with E-state index in [9.17, 15) is 9.18 Å². The van der Waals surface area contributed by atoms with Gasteiger partial charge in [-0.05, 0) is 61.7 Å². The lowest BCUT2D eigenvalue weighted by Crippen LogP contribution is -2.43. The minimum atomic E-state index is -0.258. The fourth-order valence-corrected chi connectivity index (χ4v) is 3.76. The third kappa shape index (κ3) is 5.14. The number of morpholine rings is 1. The molecule has 2 aromatic carbocycles. The summed E-state index contributed by atoms with van der Waals surface area (Å²) in [6, 6.07) is 14.7. The SMILES string of the molecule is C[C@@H](C(=O)Nc1ccc(N2CCOCC2)cc1)N(Cc1ccc(F)cc1)C1CC1. The average Bonchev–Trinajstić information content (AvgIpc) is 3.59. The standard InChI is InChI=1S/C23H28FN3O2/c1-17(27(22-10-11-22)16-18-2-4-19(24)5-3-18)23(28)25-20-6-8-21(9-7-20)26-12-14-29-15-13-26/h2-9,17,22H,10-16H2,1H3,(H,25,28)/t17-/m0/s1. The summed E-state index contributed by atoms with van der Waals surface area (Å²) in [5, 5.41) is 3.05. The number of nitrogens with one attached hydrogen (secondary N) is 1. The molecular weight excluding hydrogens is 369 g/mol. The summed E-state index contributed by atoms with van der Waals surface area (Å²) in [6.45, 7) is 5.88. The first-order valence-corrected chi connectivity index (χ1v) is 10.3. The Labute approximate surface area is 171 Å². The van der Waals surface area contributed by atoms with E-state index in [1.165, 1.54) is 12.1 Å². The largest absolute Gasteiger partial charge is 0.378 e. The van der Waals surface area contributed by atoms with Gasteiger partial charge in [-0.3, -0.25) is 9.69 Å². The summed E-state index contributed by atoms with van der Waals surface area (Å²) < 4.78 is 18.6. The first-order valence-electron chi connectivity index (χ1n) is 10.3. The van der Waals surface area contributed by atoms with Gasteiger partial charge < -0.3 is 15.0 Å². The van der Waals surface area contributed by atoms with E-state index in [2.05, 4.69) is 15.1 Å². The fourth-order valence-electron chi connectivity index (χ4n) is 3.76. The molecule has 5 nitrogen and oxygen atoms in total. The van der Waals surface area contributed by atoms with Crippen LogP contribution in [0.5, 0.6) is 0 Å². The van der Waals surface area contributed by atoms with Crippen LogP contribution in [0.15, 0.2) is 48.5 Å². The molecule has 1 heterocycles. The smallest absolute Gasteiger partial charge is 0.241 e. The van der Waals surface area contributed by atoms with Gasteiger partial charge in [-0.25, -0.2) is 4.39 Å². The highest BCUT2D eigenvalue weighted by molar-refractivity contribution is 5.94. The molecule has 0 spiro atoms. The Hall–Kier alpha value is -2.44. The second kappa shape index (κ2) is 8.93. The van der Waals surface area contributed by atoms with E-state index in [-0.39, 0.29) is 17.8 Å². The molecule has 0 radical (unpaired) electrons. The maximum Gasteiger partial charge on any atom is 0.241 e. The van der Waals surface area contributed by atoms with Gasteiger partial charge in [0.05, 0.1) is 19.3 Å². The Morgan fingerprint density at radius 1 is 1.14 bits per heavy atom. The van der Waals surface area contributed by atoms with E-state index in [4.69, 9.17) is 4.74 Å². The van der Waals surface area contributed by atoms with Crippen LogP contribution in [0.3, 0.4) is 0 Å². The van der Waals surface area contributed by atoms with Gasteiger partial charge in [-0.2, -0.15) is 0 Å². The van der Waals surface area contributed by atoms with E-state index in [0.717, 1.165) is 56.1 Å². The first-order chi connectivity index (χ1) is 14.1.